The van der Waals surface area contributed by atoms with Crippen LogP contribution in [0.15, 0.2) is 32.2 Å². The molecule has 0 atom stereocenters. The Bertz CT molecular complexity index is 748. The molecule has 1 aromatic carbocycles. The van der Waals surface area contributed by atoms with Crippen LogP contribution in [0.4, 0.5) is 0 Å². The van der Waals surface area contributed by atoms with Crippen LogP contribution in [0.3, 0.4) is 0 Å². The van der Waals surface area contributed by atoms with Crippen molar-refractivity contribution in [2.45, 2.75) is 64.8 Å². The lowest BCUT2D eigenvalue weighted by atomic mass is 10.1. The highest BCUT2D eigenvalue weighted by atomic mass is 35.5. The average Bonchev–Trinajstić information content (AvgIpc) is 2.53. The second kappa shape index (κ2) is 8.92. The first-order valence-corrected chi connectivity index (χ1v) is 8.84. The van der Waals surface area contributed by atoms with Crippen LogP contribution in [0.1, 0.15) is 58.3 Å². The number of hydrogen-bond donors (Lipinski definition) is 0. The van der Waals surface area contributed by atoms with Crippen molar-refractivity contribution < 1.29 is 4.42 Å². The highest BCUT2D eigenvalue weighted by Crippen LogP contribution is 2.15. The van der Waals surface area contributed by atoms with Crippen LogP contribution in [0.2, 0.25) is 5.02 Å². The van der Waals surface area contributed by atoms with Crippen LogP contribution in [0, 0.1) is 0 Å². The van der Waals surface area contributed by atoms with Gasteiger partial charge < -0.3 is 4.42 Å². The fourth-order valence-corrected chi connectivity index (χ4v) is 2.90. The summed E-state index contributed by atoms with van der Waals surface area (Å²) in [6.45, 7) is 2.61. The first-order valence-electron chi connectivity index (χ1n) is 8.46. The van der Waals surface area contributed by atoms with E-state index in [1.807, 2.05) is 0 Å². The predicted molar refractivity (Wildman–Crippen MR) is 94.4 cm³/mol. The van der Waals surface area contributed by atoms with Gasteiger partial charge in [-0.1, -0.05) is 63.5 Å². The molecular weight excluding hydrogens is 314 g/mol. The van der Waals surface area contributed by atoms with Gasteiger partial charge in [-0.3, -0.25) is 4.79 Å². The van der Waals surface area contributed by atoms with Crippen LogP contribution in [-0.2, 0) is 6.54 Å². The highest BCUT2D eigenvalue weighted by molar-refractivity contribution is 6.31. The molecule has 0 bridgehead atoms. The molecular formula is C18H24ClNO3. The van der Waals surface area contributed by atoms with Crippen molar-refractivity contribution in [2.24, 2.45) is 0 Å². The summed E-state index contributed by atoms with van der Waals surface area (Å²) in [6, 6.07) is 4.71. The molecule has 4 nitrogen and oxygen atoms in total. The zero-order valence-electron chi connectivity index (χ0n) is 13.6. The Labute approximate surface area is 141 Å². The topological polar surface area (TPSA) is 52.2 Å². The van der Waals surface area contributed by atoms with E-state index >= 15 is 0 Å². The zero-order valence-corrected chi connectivity index (χ0v) is 14.4. The van der Waals surface area contributed by atoms with E-state index in [1.54, 1.807) is 18.2 Å². The third-order valence-electron chi connectivity index (χ3n) is 4.07. The highest BCUT2D eigenvalue weighted by Gasteiger charge is 2.09. The fraction of sp³-hybridized carbons (Fsp3) is 0.556. The number of aromatic nitrogens is 1. The maximum absolute atomic E-state index is 12.4. The molecule has 1 aromatic heterocycles. The summed E-state index contributed by atoms with van der Waals surface area (Å²) in [7, 11) is 0. The minimum absolute atomic E-state index is 0.288. The van der Waals surface area contributed by atoms with E-state index in [2.05, 4.69) is 6.92 Å². The standard InChI is InChI=1S/C18H24ClNO3/c1-2-3-4-5-6-7-8-9-12-20-17(21)15-13-14(19)10-11-16(15)23-18(20)22/h10-11,13H,2-9,12H2,1H3. The summed E-state index contributed by atoms with van der Waals surface area (Å²) in [5, 5.41) is 0.818. The maximum Gasteiger partial charge on any atom is 0.422 e. The summed E-state index contributed by atoms with van der Waals surface area (Å²) < 4.78 is 6.38. The van der Waals surface area contributed by atoms with Gasteiger partial charge in [0.1, 0.15) is 5.58 Å². The molecule has 0 spiro atoms. The summed E-state index contributed by atoms with van der Waals surface area (Å²) >= 11 is 5.91. The van der Waals surface area contributed by atoms with Gasteiger partial charge in [0.2, 0.25) is 0 Å². The minimum atomic E-state index is -0.590. The minimum Gasteiger partial charge on any atom is -0.409 e. The number of hydrogen-bond acceptors (Lipinski definition) is 3. The van der Waals surface area contributed by atoms with Gasteiger partial charge in [0.15, 0.2) is 0 Å². The molecule has 0 saturated carbocycles. The molecule has 0 fully saturated rings. The summed E-state index contributed by atoms with van der Waals surface area (Å²) in [5.74, 6) is -0.590. The zero-order chi connectivity index (χ0) is 16.7. The molecule has 23 heavy (non-hydrogen) atoms. The predicted octanol–water partition coefficient (Wildman–Crippen LogP) is 4.75. The smallest absolute Gasteiger partial charge is 0.409 e. The second-order valence-electron chi connectivity index (χ2n) is 5.94. The quantitative estimate of drug-likeness (QED) is 0.620. The van der Waals surface area contributed by atoms with Crippen molar-refractivity contribution >= 4 is 22.6 Å². The van der Waals surface area contributed by atoms with Crippen molar-refractivity contribution in [3.8, 4) is 0 Å². The third-order valence-corrected chi connectivity index (χ3v) is 4.31. The molecule has 5 heteroatoms. The van der Waals surface area contributed by atoms with Gasteiger partial charge in [0.25, 0.3) is 5.56 Å². The van der Waals surface area contributed by atoms with E-state index in [-0.39, 0.29) is 11.1 Å². The molecule has 2 rings (SSSR count). The van der Waals surface area contributed by atoms with Crippen molar-refractivity contribution in [2.75, 3.05) is 0 Å². The molecule has 0 aliphatic heterocycles. The average molecular weight is 338 g/mol. The molecule has 0 saturated heterocycles. The lowest BCUT2D eigenvalue weighted by Crippen LogP contribution is -2.32. The summed E-state index contributed by atoms with van der Waals surface area (Å²) in [4.78, 5) is 24.3. The fourth-order valence-electron chi connectivity index (χ4n) is 2.73. The molecule has 0 aliphatic rings. The van der Waals surface area contributed by atoms with E-state index in [9.17, 15) is 9.59 Å². The van der Waals surface area contributed by atoms with Gasteiger partial charge in [-0.05, 0) is 24.6 Å². The molecule has 0 amide bonds. The Morgan fingerprint density at radius 2 is 1.65 bits per heavy atom. The van der Waals surface area contributed by atoms with Gasteiger partial charge >= 0.3 is 5.76 Å². The number of rotatable bonds is 9. The Morgan fingerprint density at radius 3 is 2.35 bits per heavy atom. The lowest BCUT2D eigenvalue weighted by Gasteiger charge is -2.06. The van der Waals surface area contributed by atoms with Gasteiger partial charge in [-0.15, -0.1) is 0 Å². The Balaban J connectivity index is 1.93. The molecule has 0 N–H and O–H groups in total. The first kappa shape index (κ1) is 17.8. The Kier molecular flexibility index (Phi) is 6.90. The van der Waals surface area contributed by atoms with E-state index in [0.717, 1.165) is 19.3 Å². The van der Waals surface area contributed by atoms with Gasteiger partial charge in [0, 0.05) is 11.6 Å². The van der Waals surface area contributed by atoms with Crippen molar-refractivity contribution in [3.63, 3.8) is 0 Å². The van der Waals surface area contributed by atoms with Crippen LogP contribution in [0.5, 0.6) is 0 Å². The lowest BCUT2D eigenvalue weighted by molar-refractivity contribution is 0.439. The molecule has 0 radical (unpaired) electrons. The number of fused-ring (bicyclic) bond motifs is 1. The molecule has 2 aromatic rings. The van der Waals surface area contributed by atoms with Crippen LogP contribution >= 0.6 is 11.6 Å². The molecule has 0 aliphatic carbocycles. The summed E-state index contributed by atoms with van der Waals surface area (Å²) in [5.41, 5.74) is -0.0294. The van der Waals surface area contributed by atoms with Crippen LogP contribution in [-0.4, -0.2) is 4.57 Å². The van der Waals surface area contributed by atoms with Gasteiger partial charge in [-0.2, -0.15) is 0 Å². The van der Waals surface area contributed by atoms with Crippen LogP contribution < -0.4 is 11.3 Å². The molecule has 1 heterocycles. The first-order chi connectivity index (χ1) is 11.1. The molecule has 126 valence electrons. The normalized spacial score (nSPS) is 11.2. The van der Waals surface area contributed by atoms with Crippen molar-refractivity contribution in [1.82, 2.24) is 4.57 Å². The SMILES string of the molecule is CCCCCCCCCCn1c(=O)oc2ccc(Cl)cc2c1=O. The number of nitrogens with zero attached hydrogens (tertiary/aromatic N) is 1. The Hall–Kier alpha value is -1.55. The van der Waals surface area contributed by atoms with Crippen molar-refractivity contribution in [3.05, 3.63) is 44.1 Å². The second-order valence-corrected chi connectivity index (χ2v) is 6.38. The molecule has 0 unspecified atom stereocenters. The number of unbranched alkanes of at least 4 members (excludes halogenated alkanes) is 7. The van der Waals surface area contributed by atoms with Gasteiger partial charge in [0.05, 0.1) is 5.39 Å². The largest absolute Gasteiger partial charge is 0.422 e. The summed E-state index contributed by atoms with van der Waals surface area (Å²) in [6.07, 6.45) is 9.31. The maximum atomic E-state index is 12.4. The monoisotopic (exact) mass is 337 g/mol. The van der Waals surface area contributed by atoms with Gasteiger partial charge in [-0.25, -0.2) is 9.36 Å². The number of benzene rings is 1. The van der Waals surface area contributed by atoms with E-state index in [4.69, 9.17) is 16.0 Å². The van der Waals surface area contributed by atoms with E-state index in [0.29, 0.717) is 17.0 Å². The van der Waals surface area contributed by atoms with E-state index in [1.165, 1.54) is 36.7 Å². The third kappa shape index (κ3) is 4.96. The van der Waals surface area contributed by atoms with E-state index < -0.39 is 5.76 Å². The van der Waals surface area contributed by atoms with Crippen molar-refractivity contribution in [1.29, 1.82) is 0 Å². The Morgan fingerprint density at radius 1 is 1.00 bits per heavy atom. The number of halogens is 1. The van der Waals surface area contributed by atoms with Crippen LogP contribution in [0.25, 0.3) is 11.0 Å².